The van der Waals surface area contributed by atoms with E-state index in [2.05, 4.69) is 0 Å². The molecule has 2 aromatic carbocycles. The van der Waals surface area contributed by atoms with Crippen LogP contribution in [0.5, 0.6) is 5.75 Å². The molecular weight excluding hydrogens is 463 g/mol. The van der Waals surface area contributed by atoms with Crippen LogP contribution < -0.4 is 4.74 Å². The van der Waals surface area contributed by atoms with Crippen LogP contribution in [0.2, 0.25) is 0 Å². The summed E-state index contributed by atoms with van der Waals surface area (Å²) in [6.07, 6.45) is -3.52. The van der Waals surface area contributed by atoms with Gasteiger partial charge in [-0.15, -0.1) is 0 Å². The number of ether oxygens (including phenoxy) is 2. The van der Waals surface area contributed by atoms with Crippen LogP contribution in [-0.4, -0.2) is 18.8 Å². The number of alkyl halides is 5. The molecule has 35 heavy (non-hydrogen) atoms. The highest BCUT2D eigenvalue weighted by Gasteiger charge is 2.45. The summed E-state index contributed by atoms with van der Waals surface area (Å²) in [7, 11) is 0. The van der Waals surface area contributed by atoms with Gasteiger partial charge in [-0.05, 0) is 106 Å². The van der Waals surface area contributed by atoms with Crippen molar-refractivity contribution in [2.45, 2.75) is 88.5 Å². The quantitative estimate of drug-likeness (QED) is 0.357. The number of hydrogen-bond donors (Lipinski definition) is 0. The number of rotatable bonds is 7. The first-order valence-corrected chi connectivity index (χ1v) is 12.6. The van der Waals surface area contributed by atoms with Crippen LogP contribution in [0.3, 0.4) is 0 Å². The fourth-order valence-electron chi connectivity index (χ4n) is 5.54. The maximum atomic E-state index is 15.0. The van der Waals surface area contributed by atoms with Crippen LogP contribution in [-0.2, 0) is 10.9 Å². The van der Waals surface area contributed by atoms with Gasteiger partial charge in [-0.1, -0.05) is 24.3 Å². The zero-order valence-electron chi connectivity index (χ0n) is 20.0. The molecule has 2 nitrogen and oxygen atoms in total. The van der Waals surface area contributed by atoms with Gasteiger partial charge in [0.2, 0.25) is 0 Å². The number of benzene rings is 2. The van der Waals surface area contributed by atoms with Crippen molar-refractivity contribution >= 4 is 0 Å². The van der Waals surface area contributed by atoms with Crippen LogP contribution in [0.1, 0.15) is 86.8 Å². The van der Waals surface area contributed by atoms with Gasteiger partial charge in [0.25, 0.3) is 0 Å². The Balaban J connectivity index is 1.25. The van der Waals surface area contributed by atoms with Crippen molar-refractivity contribution in [3.8, 4) is 5.75 Å². The Bertz CT molecular complexity index is 923. The third kappa shape index (κ3) is 6.54. The van der Waals surface area contributed by atoms with Gasteiger partial charge in [-0.3, -0.25) is 0 Å². The average Bonchev–Trinajstić information content (AvgIpc) is 2.85. The van der Waals surface area contributed by atoms with E-state index in [1.807, 2.05) is 31.2 Å². The summed E-state index contributed by atoms with van der Waals surface area (Å²) in [5, 5.41) is 0. The van der Waals surface area contributed by atoms with Crippen LogP contribution >= 0.6 is 0 Å². The molecule has 0 atom stereocenters. The minimum atomic E-state index is -4.36. The normalized spacial score (nSPS) is 25.9. The first-order chi connectivity index (χ1) is 16.7. The molecule has 0 aromatic heterocycles. The van der Waals surface area contributed by atoms with E-state index in [1.165, 1.54) is 12.1 Å². The fourth-order valence-corrected chi connectivity index (χ4v) is 5.54. The second kappa shape index (κ2) is 10.9. The molecule has 7 heteroatoms. The maximum Gasteiger partial charge on any atom is 0.416 e. The first kappa shape index (κ1) is 25.9. The highest BCUT2D eigenvalue weighted by molar-refractivity contribution is 5.30. The van der Waals surface area contributed by atoms with Crippen LogP contribution in [0.15, 0.2) is 48.5 Å². The number of hydrogen-bond acceptors (Lipinski definition) is 2. The highest BCUT2D eigenvalue weighted by atomic mass is 19.4. The highest BCUT2D eigenvalue weighted by Crippen LogP contribution is 2.45. The summed E-state index contributed by atoms with van der Waals surface area (Å²) < 4.78 is 79.1. The zero-order valence-corrected chi connectivity index (χ0v) is 20.0. The fraction of sp³-hybridized carbons (Fsp3) is 0.571. The average molecular weight is 497 g/mol. The molecule has 0 radical (unpaired) electrons. The van der Waals surface area contributed by atoms with E-state index in [4.69, 9.17) is 9.47 Å². The summed E-state index contributed by atoms with van der Waals surface area (Å²) in [6, 6.07) is 13.1. The monoisotopic (exact) mass is 496 g/mol. The minimum absolute atomic E-state index is 0.0790. The largest absolute Gasteiger partial charge is 0.494 e. The molecule has 0 amide bonds. The van der Waals surface area contributed by atoms with Gasteiger partial charge >= 0.3 is 12.3 Å². The lowest BCUT2D eigenvalue weighted by Crippen LogP contribution is -2.38. The molecule has 0 saturated heterocycles. The van der Waals surface area contributed by atoms with E-state index in [9.17, 15) is 22.0 Å². The van der Waals surface area contributed by atoms with Crippen LogP contribution in [0.25, 0.3) is 0 Å². The Kier molecular flexibility index (Phi) is 8.04. The second-order valence-corrected chi connectivity index (χ2v) is 9.82. The molecule has 0 N–H and O–H groups in total. The summed E-state index contributed by atoms with van der Waals surface area (Å²) >= 11 is 0. The lowest BCUT2D eigenvalue weighted by Gasteiger charge is -2.37. The van der Waals surface area contributed by atoms with Crippen LogP contribution in [0, 0.1) is 5.92 Å². The molecule has 2 aliphatic rings. The van der Waals surface area contributed by atoms with E-state index in [-0.39, 0.29) is 11.8 Å². The van der Waals surface area contributed by atoms with Gasteiger partial charge in [-0.25, -0.2) is 0 Å². The number of halogens is 5. The van der Waals surface area contributed by atoms with Gasteiger partial charge in [-0.2, -0.15) is 22.0 Å². The second-order valence-electron chi connectivity index (χ2n) is 9.82. The summed E-state index contributed by atoms with van der Waals surface area (Å²) in [6.45, 7) is 2.54. The Morgan fingerprint density at radius 2 is 1.17 bits per heavy atom. The van der Waals surface area contributed by atoms with Crippen molar-refractivity contribution < 1.29 is 31.4 Å². The molecule has 192 valence electrons. The van der Waals surface area contributed by atoms with E-state index in [1.54, 1.807) is 0 Å². The topological polar surface area (TPSA) is 18.5 Å². The Morgan fingerprint density at radius 1 is 0.686 bits per heavy atom. The zero-order chi connectivity index (χ0) is 25.1. The predicted molar refractivity (Wildman–Crippen MR) is 125 cm³/mol. The van der Waals surface area contributed by atoms with Gasteiger partial charge in [0, 0.05) is 0 Å². The predicted octanol–water partition coefficient (Wildman–Crippen LogP) is 8.71. The Labute approximate surface area is 203 Å². The minimum Gasteiger partial charge on any atom is -0.494 e. The molecule has 2 fully saturated rings. The molecule has 2 aromatic rings. The van der Waals surface area contributed by atoms with E-state index in [0.717, 1.165) is 29.0 Å². The maximum absolute atomic E-state index is 15.0. The van der Waals surface area contributed by atoms with E-state index in [0.29, 0.717) is 58.0 Å². The standard InChI is InChI=1S/C28H33F5O2/c1-2-34-25-15-7-21(8-16-25)20-5-13-24(14-6-20)28(32,33)35-26-17-9-22(10-18-26)19-3-11-23(12-4-19)27(29,30)31/h3-4,7-8,11-12,15-16,20,22,24,26H,2,5-6,9-10,13-14,17-18H2,1H3. The molecule has 0 heterocycles. The lowest BCUT2D eigenvalue weighted by atomic mass is 9.78. The Morgan fingerprint density at radius 3 is 1.66 bits per heavy atom. The first-order valence-electron chi connectivity index (χ1n) is 12.6. The van der Waals surface area contributed by atoms with Gasteiger partial charge in [0.05, 0.1) is 24.2 Å². The summed E-state index contributed by atoms with van der Waals surface area (Å²) in [5.74, 6) is 0.388. The van der Waals surface area contributed by atoms with Crippen molar-refractivity contribution in [1.82, 2.24) is 0 Å². The lowest BCUT2D eigenvalue weighted by molar-refractivity contribution is -0.300. The van der Waals surface area contributed by atoms with E-state index >= 15 is 0 Å². The summed E-state index contributed by atoms with van der Waals surface area (Å²) in [4.78, 5) is 0. The molecular formula is C28H33F5O2. The van der Waals surface area contributed by atoms with Gasteiger partial charge < -0.3 is 9.47 Å². The SMILES string of the molecule is CCOc1ccc(C2CCC(C(F)(F)OC3CCC(c4ccc(C(F)(F)F)cc4)CC3)CC2)cc1. The van der Waals surface area contributed by atoms with Gasteiger partial charge in [0.1, 0.15) is 5.75 Å². The smallest absolute Gasteiger partial charge is 0.416 e. The molecule has 0 aliphatic heterocycles. The van der Waals surface area contributed by atoms with Crippen molar-refractivity contribution in [1.29, 1.82) is 0 Å². The molecule has 4 rings (SSSR count). The molecule has 0 spiro atoms. The Hall–Kier alpha value is -2.15. The summed E-state index contributed by atoms with van der Waals surface area (Å²) in [5.41, 5.74) is 1.32. The third-order valence-corrected chi connectivity index (χ3v) is 7.57. The third-order valence-electron chi connectivity index (χ3n) is 7.57. The molecule has 2 saturated carbocycles. The van der Waals surface area contributed by atoms with Crippen LogP contribution in [0.4, 0.5) is 22.0 Å². The van der Waals surface area contributed by atoms with E-state index < -0.39 is 29.9 Å². The molecule has 2 aliphatic carbocycles. The van der Waals surface area contributed by atoms with Crippen molar-refractivity contribution in [3.05, 3.63) is 65.2 Å². The van der Waals surface area contributed by atoms with Crippen molar-refractivity contribution in [2.75, 3.05) is 6.61 Å². The molecule has 0 bridgehead atoms. The van der Waals surface area contributed by atoms with Crippen molar-refractivity contribution in [3.63, 3.8) is 0 Å². The molecule has 0 unspecified atom stereocenters. The van der Waals surface area contributed by atoms with Gasteiger partial charge in [0.15, 0.2) is 0 Å². The van der Waals surface area contributed by atoms with Crippen molar-refractivity contribution in [2.24, 2.45) is 5.92 Å².